The zero-order valence-corrected chi connectivity index (χ0v) is 10.9. The van der Waals surface area contributed by atoms with Crippen LogP contribution in [0.1, 0.15) is 45.1 Å². The molecule has 1 saturated carbocycles. The highest BCUT2D eigenvalue weighted by Crippen LogP contribution is 2.25. The Balaban J connectivity index is 2.45. The van der Waals surface area contributed by atoms with Gasteiger partial charge in [-0.25, -0.2) is 14.2 Å². The van der Waals surface area contributed by atoms with Crippen LogP contribution in [0.3, 0.4) is 0 Å². The average molecular weight is 253 g/mol. The summed E-state index contributed by atoms with van der Waals surface area (Å²) in [5.41, 5.74) is -0.821. The van der Waals surface area contributed by atoms with E-state index in [0.29, 0.717) is 6.61 Å². The number of rotatable bonds is 3. The third-order valence-electron chi connectivity index (χ3n) is 3.39. The van der Waals surface area contributed by atoms with Gasteiger partial charge < -0.3 is 4.74 Å². The molecule has 0 unspecified atom stereocenters. The first-order valence-electron chi connectivity index (χ1n) is 6.47. The van der Waals surface area contributed by atoms with Crippen molar-refractivity contribution >= 4 is 0 Å². The molecule has 0 amide bonds. The van der Waals surface area contributed by atoms with Crippen LogP contribution in [0.4, 0.5) is 0 Å². The van der Waals surface area contributed by atoms with E-state index in [4.69, 9.17) is 4.74 Å². The van der Waals surface area contributed by atoms with Gasteiger partial charge in [-0.3, -0.25) is 4.57 Å². The van der Waals surface area contributed by atoms with Gasteiger partial charge in [0, 0.05) is 13.1 Å². The van der Waals surface area contributed by atoms with Gasteiger partial charge in [0.2, 0.25) is 0 Å². The topological polar surface area (TPSA) is 66.1 Å². The van der Waals surface area contributed by atoms with Crippen LogP contribution in [0.5, 0.6) is 6.01 Å². The lowest BCUT2D eigenvalue weighted by molar-refractivity contribution is 0.271. The van der Waals surface area contributed by atoms with Crippen LogP contribution in [-0.4, -0.2) is 20.7 Å². The van der Waals surface area contributed by atoms with Crippen molar-refractivity contribution in [2.75, 3.05) is 6.61 Å². The number of ether oxygens (including phenoxy) is 1. The van der Waals surface area contributed by atoms with Crippen LogP contribution in [-0.2, 0) is 7.05 Å². The predicted molar refractivity (Wildman–Crippen MR) is 67.0 cm³/mol. The minimum atomic E-state index is -0.492. The summed E-state index contributed by atoms with van der Waals surface area (Å²) in [5.74, 6) is 0. The van der Waals surface area contributed by atoms with Gasteiger partial charge in [-0.05, 0) is 19.8 Å². The highest BCUT2D eigenvalue weighted by atomic mass is 16.5. The molecule has 1 aromatic rings. The van der Waals surface area contributed by atoms with E-state index in [-0.39, 0.29) is 17.7 Å². The third-order valence-corrected chi connectivity index (χ3v) is 3.39. The van der Waals surface area contributed by atoms with Crippen molar-refractivity contribution in [1.82, 2.24) is 14.1 Å². The molecule has 18 heavy (non-hydrogen) atoms. The third kappa shape index (κ3) is 2.32. The maximum Gasteiger partial charge on any atom is 0.356 e. The van der Waals surface area contributed by atoms with Gasteiger partial charge in [-0.2, -0.15) is 0 Å². The summed E-state index contributed by atoms with van der Waals surface area (Å²) in [5, 5.41) is 0. The highest BCUT2D eigenvalue weighted by Gasteiger charge is 2.21. The summed E-state index contributed by atoms with van der Waals surface area (Å²) in [6, 6.07) is 0.0904. The van der Waals surface area contributed by atoms with E-state index >= 15 is 0 Å². The van der Waals surface area contributed by atoms with Crippen molar-refractivity contribution < 1.29 is 4.74 Å². The second-order valence-electron chi connectivity index (χ2n) is 4.61. The Bertz CT molecular complexity index is 526. The van der Waals surface area contributed by atoms with Gasteiger partial charge in [0.1, 0.15) is 0 Å². The van der Waals surface area contributed by atoms with Crippen LogP contribution in [0, 0.1) is 0 Å². The molecule has 0 aromatic carbocycles. The van der Waals surface area contributed by atoms with E-state index in [2.05, 4.69) is 4.98 Å². The summed E-state index contributed by atoms with van der Waals surface area (Å²) in [7, 11) is 1.58. The Morgan fingerprint density at radius 3 is 2.56 bits per heavy atom. The molecule has 0 bridgehead atoms. The maximum absolute atomic E-state index is 12.2. The fraction of sp³-hybridized carbons (Fsp3) is 0.750. The van der Waals surface area contributed by atoms with Gasteiger partial charge in [0.25, 0.3) is 0 Å². The fourth-order valence-electron chi connectivity index (χ4n) is 2.45. The van der Waals surface area contributed by atoms with Crippen LogP contribution in [0.15, 0.2) is 9.59 Å². The number of aromatic nitrogens is 3. The van der Waals surface area contributed by atoms with Crippen molar-refractivity contribution in [3.8, 4) is 6.01 Å². The molecule has 1 heterocycles. The molecule has 0 aliphatic heterocycles. The van der Waals surface area contributed by atoms with Gasteiger partial charge in [0.05, 0.1) is 6.61 Å². The molecule has 2 rings (SSSR count). The Hall–Kier alpha value is -1.59. The first-order valence-corrected chi connectivity index (χ1v) is 6.47. The minimum absolute atomic E-state index is 0.00636. The molecule has 100 valence electrons. The van der Waals surface area contributed by atoms with Gasteiger partial charge in [-0.15, -0.1) is 4.98 Å². The lowest BCUT2D eigenvalue weighted by Crippen LogP contribution is -2.43. The monoisotopic (exact) mass is 253 g/mol. The Labute approximate surface area is 105 Å². The van der Waals surface area contributed by atoms with Crippen molar-refractivity contribution in [2.45, 2.75) is 45.1 Å². The summed E-state index contributed by atoms with van der Waals surface area (Å²) in [6.45, 7) is 2.17. The molecule has 0 atom stereocenters. The zero-order valence-electron chi connectivity index (χ0n) is 10.9. The van der Waals surface area contributed by atoms with Gasteiger partial charge in [0.15, 0.2) is 0 Å². The lowest BCUT2D eigenvalue weighted by Gasteiger charge is -2.23. The normalized spacial score (nSPS) is 16.8. The average Bonchev–Trinajstić information content (AvgIpc) is 2.37. The lowest BCUT2D eigenvalue weighted by atomic mass is 9.95. The molecule has 6 nitrogen and oxygen atoms in total. The number of hydrogen-bond acceptors (Lipinski definition) is 4. The number of nitrogens with zero attached hydrogens (tertiary/aromatic N) is 3. The summed E-state index contributed by atoms with van der Waals surface area (Å²) < 4.78 is 7.76. The summed E-state index contributed by atoms with van der Waals surface area (Å²) in [4.78, 5) is 28.0. The molecule has 1 fully saturated rings. The van der Waals surface area contributed by atoms with Crippen LogP contribution in [0.25, 0.3) is 0 Å². The fourth-order valence-corrected chi connectivity index (χ4v) is 2.45. The van der Waals surface area contributed by atoms with Gasteiger partial charge in [-0.1, -0.05) is 19.3 Å². The molecule has 1 aliphatic carbocycles. The Morgan fingerprint density at radius 1 is 1.28 bits per heavy atom. The van der Waals surface area contributed by atoms with E-state index in [1.54, 1.807) is 14.0 Å². The van der Waals surface area contributed by atoms with Crippen molar-refractivity contribution in [1.29, 1.82) is 0 Å². The van der Waals surface area contributed by atoms with Crippen LogP contribution < -0.4 is 16.1 Å². The van der Waals surface area contributed by atoms with E-state index in [0.717, 1.165) is 25.7 Å². The molecule has 0 N–H and O–H groups in total. The highest BCUT2D eigenvalue weighted by molar-refractivity contribution is 4.95. The Morgan fingerprint density at radius 2 is 1.94 bits per heavy atom. The maximum atomic E-state index is 12.2. The second-order valence-corrected chi connectivity index (χ2v) is 4.61. The predicted octanol–water partition coefficient (Wildman–Crippen LogP) is 0.846. The van der Waals surface area contributed by atoms with E-state index in [1.807, 2.05) is 0 Å². The standard InChI is InChI=1S/C12H19N3O3/c1-3-18-11-13-10(16)15(12(17)14(11)2)9-7-5-4-6-8-9/h9H,3-8H2,1-2H3. The molecule has 1 aliphatic rings. The van der Waals surface area contributed by atoms with Crippen LogP contribution in [0.2, 0.25) is 0 Å². The summed E-state index contributed by atoms with van der Waals surface area (Å²) >= 11 is 0. The second kappa shape index (κ2) is 5.37. The largest absolute Gasteiger partial charge is 0.465 e. The first-order chi connectivity index (χ1) is 8.65. The molecule has 0 saturated heterocycles. The van der Waals surface area contributed by atoms with Crippen molar-refractivity contribution in [3.05, 3.63) is 21.0 Å². The quantitative estimate of drug-likeness (QED) is 0.801. The minimum Gasteiger partial charge on any atom is -0.465 e. The SMILES string of the molecule is CCOc1nc(=O)n(C2CCCCC2)c(=O)n1C. The molecule has 1 aromatic heterocycles. The van der Waals surface area contributed by atoms with E-state index in [1.165, 1.54) is 15.6 Å². The van der Waals surface area contributed by atoms with Crippen molar-refractivity contribution in [3.63, 3.8) is 0 Å². The van der Waals surface area contributed by atoms with Gasteiger partial charge >= 0.3 is 17.4 Å². The van der Waals surface area contributed by atoms with E-state index in [9.17, 15) is 9.59 Å². The van der Waals surface area contributed by atoms with Crippen molar-refractivity contribution in [2.24, 2.45) is 7.05 Å². The molecule has 0 radical (unpaired) electrons. The number of hydrogen-bond donors (Lipinski definition) is 0. The molecular formula is C12H19N3O3. The smallest absolute Gasteiger partial charge is 0.356 e. The summed E-state index contributed by atoms with van der Waals surface area (Å²) in [6.07, 6.45) is 5.06. The first kappa shape index (κ1) is 12.9. The Kier molecular flexibility index (Phi) is 3.84. The molecular weight excluding hydrogens is 234 g/mol. The molecule has 0 spiro atoms. The zero-order chi connectivity index (χ0) is 13.1. The van der Waals surface area contributed by atoms with E-state index < -0.39 is 5.69 Å². The molecule has 6 heteroatoms. The van der Waals surface area contributed by atoms with Crippen LogP contribution >= 0.6 is 0 Å².